The minimum absolute atomic E-state index is 0.253. The number of unbranched alkanes of at least 4 members (excludes halogenated alkanes) is 3. The van der Waals surface area contributed by atoms with Gasteiger partial charge in [0.05, 0.1) is 18.3 Å². The van der Waals surface area contributed by atoms with E-state index in [1.165, 1.54) is 0 Å². The Balaban J connectivity index is 1.44. The van der Waals surface area contributed by atoms with E-state index >= 15 is 0 Å². The molecule has 0 radical (unpaired) electrons. The molecule has 0 aliphatic rings. The molecule has 0 fully saturated rings. The highest BCUT2D eigenvalue weighted by Crippen LogP contribution is 2.10. The van der Waals surface area contributed by atoms with Crippen LogP contribution in [0, 0.1) is 0 Å². The van der Waals surface area contributed by atoms with Gasteiger partial charge in [0, 0.05) is 6.54 Å². The first-order chi connectivity index (χ1) is 12.3. The standard InChI is InChI=1S/C21H27NO3/c23-20(18-11-5-3-6-12-18)17-22-15-9-1-2-10-16-25-21(24)19-13-7-4-8-14-19/h3-8,11-14,20,22-23H,1-2,9-10,15-17H2. The Morgan fingerprint density at radius 1 is 0.920 bits per heavy atom. The zero-order valence-electron chi connectivity index (χ0n) is 14.6. The quantitative estimate of drug-likeness (QED) is 0.483. The van der Waals surface area contributed by atoms with E-state index in [1.54, 1.807) is 12.1 Å². The maximum Gasteiger partial charge on any atom is 0.338 e. The molecule has 4 nitrogen and oxygen atoms in total. The molecule has 0 saturated heterocycles. The van der Waals surface area contributed by atoms with Gasteiger partial charge in [-0.05, 0) is 37.1 Å². The molecule has 1 unspecified atom stereocenters. The topological polar surface area (TPSA) is 58.6 Å². The Morgan fingerprint density at radius 2 is 1.56 bits per heavy atom. The van der Waals surface area contributed by atoms with Crippen LogP contribution in [-0.4, -0.2) is 30.8 Å². The van der Waals surface area contributed by atoms with E-state index in [0.29, 0.717) is 18.7 Å². The van der Waals surface area contributed by atoms with Gasteiger partial charge in [-0.25, -0.2) is 4.79 Å². The molecular weight excluding hydrogens is 314 g/mol. The molecule has 0 bridgehead atoms. The summed E-state index contributed by atoms with van der Waals surface area (Å²) in [6.45, 7) is 1.92. The summed E-state index contributed by atoms with van der Waals surface area (Å²) >= 11 is 0. The van der Waals surface area contributed by atoms with Gasteiger partial charge in [-0.1, -0.05) is 61.4 Å². The average molecular weight is 341 g/mol. The first kappa shape index (κ1) is 19.2. The van der Waals surface area contributed by atoms with E-state index < -0.39 is 6.10 Å². The minimum Gasteiger partial charge on any atom is -0.462 e. The third-order valence-corrected chi connectivity index (χ3v) is 4.01. The van der Waals surface area contributed by atoms with E-state index in [-0.39, 0.29) is 5.97 Å². The number of aliphatic hydroxyl groups excluding tert-OH is 1. The van der Waals surface area contributed by atoms with Crippen LogP contribution < -0.4 is 5.32 Å². The molecule has 1 atom stereocenters. The number of nitrogens with one attached hydrogen (secondary N) is 1. The fourth-order valence-electron chi connectivity index (χ4n) is 2.56. The largest absolute Gasteiger partial charge is 0.462 e. The van der Waals surface area contributed by atoms with E-state index in [4.69, 9.17) is 4.74 Å². The van der Waals surface area contributed by atoms with Gasteiger partial charge in [-0.2, -0.15) is 0 Å². The molecule has 2 aromatic rings. The molecule has 0 aliphatic carbocycles. The third kappa shape index (κ3) is 7.50. The summed E-state index contributed by atoms with van der Waals surface area (Å²) in [4.78, 5) is 11.7. The first-order valence-corrected chi connectivity index (χ1v) is 8.93. The lowest BCUT2D eigenvalue weighted by molar-refractivity contribution is 0.0497. The number of rotatable bonds is 11. The highest BCUT2D eigenvalue weighted by molar-refractivity contribution is 5.89. The van der Waals surface area contributed by atoms with Crippen molar-refractivity contribution in [1.29, 1.82) is 0 Å². The fourth-order valence-corrected chi connectivity index (χ4v) is 2.56. The second kappa shape index (κ2) is 11.4. The van der Waals surface area contributed by atoms with Gasteiger partial charge in [-0.3, -0.25) is 0 Å². The summed E-state index contributed by atoms with van der Waals surface area (Å²) in [7, 11) is 0. The van der Waals surface area contributed by atoms with Crippen molar-refractivity contribution in [3.05, 3.63) is 71.8 Å². The number of ether oxygens (including phenoxy) is 1. The lowest BCUT2D eigenvalue weighted by Crippen LogP contribution is -2.22. The Labute approximate surface area is 149 Å². The van der Waals surface area contributed by atoms with Crippen LogP contribution in [0.25, 0.3) is 0 Å². The minimum atomic E-state index is -0.460. The Bertz CT molecular complexity index is 601. The van der Waals surface area contributed by atoms with Crippen molar-refractivity contribution < 1.29 is 14.6 Å². The zero-order chi connectivity index (χ0) is 17.7. The number of esters is 1. The molecule has 25 heavy (non-hydrogen) atoms. The maximum absolute atomic E-state index is 11.7. The molecule has 0 heterocycles. The van der Waals surface area contributed by atoms with Crippen LogP contribution >= 0.6 is 0 Å². The van der Waals surface area contributed by atoms with Crippen molar-refractivity contribution in [3.63, 3.8) is 0 Å². The van der Waals surface area contributed by atoms with E-state index in [9.17, 15) is 9.90 Å². The fraction of sp³-hybridized carbons (Fsp3) is 0.381. The number of carbonyl (C=O) groups is 1. The second-order valence-corrected chi connectivity index (χ2v) is 6.05. The summed E-state index contributed by atoms with van der Waals surface area (Å²) in [5.74, 6) is -0.253. The summed E-state index contributed by atoms with van der Waals surface area (Å²) in [6, 6.07) is 18.7. The Kier molecular flexibility index (Phi) is 8.73. The van der Waals surface area contributed by atoms with Gasteiger partial charge in [0.2, 0.25) is 0 Å². The SMILES string of the molecule is O=C(OCCCCCCNCC(O)c1ccccc1)c1ccccc1. The number of hydrogen-bond donors (Lipinski definition) is 2. The molecule has 2 rings (SSSR count). The molecule has 2 N–H and O–H groups in total. The molecule has 0 aliphatic heterocycles. The molecule has 0 amide bonds. The predicted octanol–water partition coefficient (Wildman–Crippen LogP) is 3.73. The molecule has 0 spiro atoms. The van der Waals surface area contributed by atoms with Gasteiger partial charge >= 0.3 is 5.97 Å². The lowest BCUT2D eigenvalue weighted by atomic mass is 10.1. The van der Waals surface area contributed by atoms with Crippen molar-refractivity contribution in [1.82, 2.24) is 5.32 Å². The molecular formula is C21H27NO3. The van der Waals surface area contributed by atoms with Gasteiger partial charge in [0.25, 0.3) is 0 Å². The third-order valence-electron chi connectivity index (χ3n) is 4.01. The predicted molar refractivity (Wildman–Crippen MR) is 99.5 cm³/mol. The number of benzene rings is 2. The van der Waals surface area contributed by atoms with Gasteiger partial charge in [0.1, 0.15) is 0 Å². The highest BCUT2D eigenvalue weighted by atomic mass is 16.5. The van der Waals surface area contributed by atoms with Crippen LogP contribution in [0.2, 0.25) is 0 Å². The number of hydrogen-bond acceptors (Lipinski definition) is 4. The van der Waals surface area contributed by atoms with E-state index in [1.807, 2.05) is 48.5 Å². The summed E-state index contributed by atoms with van der Waals surface area (Å²) < 4.78 is 5.25. The van der Waals surface area contributed by atoms with Crippen LogP contribution in [0.3, 0.4) is 0 Å². The monoisotopic (exact) mass is 341 g/mol. The van der Waals surface area contributed by atoms with Crippen LogP contribution in [0.4, 0.5) is 0 Å². The maximum atomic E-state index is 11.7. The summed E-state index contributed by atoms with van der Waals surface area (Å²) in [5.41, 5.74) is 1.54. The van der Waals surface area contributed by atoms with Crippen molar-refractivity contribution in [3.8, 4) is 0 Å². The van der Waals surface area contributed by atoms with Crippen LogP contribution in [0.1, 0.15) is 47.7 Å². The van der Waals surface area contributed by atoms with Crippen molar-refractivity contribution in [2.45, 2.75) is 31.8 Å². The van der Waals surface area contributed by atoms with Crippen molar-refractivity contribution in [2.75, 3.05) is 19.7 Å². The van der Waals surface area contributed by atoms with Crippen molar-refractivity contribution in [2.24, 2.45) is 0 Å². The first-order valence-electron chi connectivity index (χ1n) is 8.93. The van der Waals surface area contributed by atoms with Gasteiger partial charge in [0.15, 0.2) is 0 Å². The Hall–Kier alpha value is -2.17. The summed E-state index contributed by atoms with van der Waals surface area (Å²) in [5, 5.41) is 13.3. The molecule has 0 aromatic heterocycles. The van der Waals surface area contributed by atoms with E-state index in [2.05, 4.69) is 5.32 Å². The smallest absolute Gasteiger partial charge is 0.338 e. The Morgan fingerprint density at radius 3 is 2.28 bits per heavy atom. The van der Waals surface area contributed by atoms with Crippen molar-refractivity contribution >= 4 is 5.97 Å². The van der Waals surface area contributed by atoms with E-state index in [0.717, 1.165) is 37.8 Å². The number of aliphatic hydroxyl groups is 1. The molecule has 4 heteroatoms. The van der Waals surface area contributed by atoms with Crippen LogP contribution in [0.15, 0.2) is 60.7 Å². The summed E-state index contributed by atoms with van der Waals surface area (Å²) in [6.07, 6.45) is 3.58. The molecule has 134 valence electrons. The number of carbonyl (C=O) groups excluding carboxylic acids is 1. The lowest BCUT2D eigenvalue weighted by Gasteiger charge is -2.12. The molecule has 2 aromatic carbocycles. The van der Waals surface area contributed by atoms with Crippen LogP contribution in [-0.2, 0) is 4.74 Å². The zero-order valence-corrected chi connectivity index (χ0v) is 14.6. The normalized spacial score (nSPS) is 11.9. The second-order valence-electron chi connectivity index (χ2n) is 6.05. The van der Waals surface area contributed by atoms with Gasteiger partial charge < -0.3 is 15.2 Å². The molecule has 0 saturated carbocycles. The van der Waals surface area contributed by atoms with Crippen LogP contribution in [0.5, 0.6) is 0 Å². The highest BCUT2D eigenvalue weighted by Gasteiger charge is 2.06. The average Bonchev–Trinajstić information content (AvgIpc) is 2.67. The van der Waals surface area contributed by atoms with Gasteiger partial charge in [-0.15, -0.1) is 0 Å².